The highest BCUT2D eigenvalue weighted by atomic mass is 32.2. The molecule has 2 heterocycles. The lowest BCUT2D eigenvalue weighted by Crippen LogP contribution is -2.38. The number of halogens is 4. The van der Waals surface area contributed by atoms with Crippen molar-refractivity contribution in [3.63, 3.8) is 0 Å². The van der Waals surface area contributed by atoms with Crippen molar-refractivity contribution in [3.8, 4) is 11.3 Å². The second-order valence-electron chi connectivity index (χ2n) is 8.06. The monoisotopic (exact) mass is 521 g/mol. The van der Waals surface area contributed by atoms with Crippen molar-refractivity contribution >= 4 is 26.8 Å². The Morgan fingerprint density at radius 1 is 1.06 bits per heavy atom. The van der Waals surface area contributed by atoms with Gasteiger partial charge in [0.25, 0.3) is 10.0 Å². The molecule has 0 saturated heterocycles. The Morgan fingerprint density at radius 3 is 2.53 bits per heavy atom. The van der Waals surface area contributed by atoms with Gasteiger partial charge in [0.05, 0.1) is 11.7 Å². The number of nitrogens with zero attached hydrogens (tertiary/aromatic N) is 2. The summed E-state index contributed by atoms with van der Waals surface area (Å²) >= 11 is 0. The first-order chi connectivity index (χ1) is 16.9. The minimum atomic E-state index is -4.59. The van der Waals surface area contributed by atoms with Crippen LogP contribution in [0.25, 0.3) is 22.2 Å². The number of benzene rings is 2. The molecule has 0 unspecified atom stereocenters. The number of ketones is 1. The van der Waals surface area contributed by atoms with Crippen molar-refractivity contribution in [2.24, 2.45) is 0 Å². The lowest BCUT2D eigenvalue weighted by Gasteiger charge is -2.12. The number of Topliss-reactive ketones (excluding diaryl/α,β-unsaturated/α-hetero) is 1. The largest absolute Gasteiger partial charge is 0.443 e. The number of alkyl halides is 3. The second kappa shape index (κ2) is 9.78. The maximum atomic E-state index is 13.4. The molecule has 0 aliphatic carbocycles. The van der Waals surface area contributed by atoms with Gasteiger partial charge in [0.2, 0.25) is 5.09 Å². The van der Waals surface area contributed by atoms with Gasteiger partial charge in [0.1, 0.15) is 11.4 Å². The molecule has 0 fully saturated rings. The standard InChI is InChI=1S/C24H19F4N3O4S/c1-14(31-36(33,34)23-13-17-12-18(25)6-9-21(17)35-23)20(32)8-5-15-3-2-4-16(11-15)19-7-10-22(30-29-19)24(26,27)28/h2-4,6-7,9-14,31H,5,8H2,1H3/t14-/m0/s1. The van der Waals surface area contributed by atoms with Gasteiger partial charge in [-0.1, -0.05) is 18.2 Å². The predicted molar refractivity (Wildman–Crippen MR) is 122 cm³/mol. The molecule has 36 heavy (non-hydrogen) atoms. The summed E-state index contributed by atoms with van der Waals surface area (Å²) in [5.74, 6) is -0.932. The first-order valence-corrected chi connectivity index (χ1v) is 12.1. The molecule has 1 atom stereocenters. The predicted octanol–water partition coefficient (Wildman–Crippen LogP) is 4.92. The summed E-state index contributed by atoms with van der Waals surface area (Å²) in [5.41, 5.74) is 0.559. The lowest BCUT2D eigenvalue weighted by molar-refractivity contribution is -0.141. The van der Waals surface area contributed by atoms with E-state index in [0.717, 1.165) is 18.2 Å². The molecule has 0 amide bonds. The van der Waals surface area contributed by atoms with Crippen LogP contribution in [0.1, 0.15) is 24.6 Å². The van der Waals surface area contributed by atoms with Crippen LogP contribution >= 0.6 is 0 Å². The molecule has 4 aromatic rings. The van der Waals surface area contributed by atoms with Crippen molar-refractivity contribution in [1.82, 2.24) is 14.9 Å². The van der Waals surface area contributed by atoms with Crippen LogP contribution in [0, 0.1) is 5.82 Å². The van der Waals surface area contributed by atoms with E-state index in [0.29, 0.717) is 11.1 Å². The number of sulfonamides is 1. The number of rotatable bonds is 8. The van der Waals surface area contributed by atoms with Crippen LogP contribution in [0.5, 0.6) is 0 Å². The first-order valence-electron chi connectivity index (χ1n) is 10.7. The average molecular weight is 521 g/mol. The number of carbonyl (C=O) groups excluding carboxylic acids is 1. The van der Waals surface area contributed by atoms with E-state index in [1.165, 1.54) is 25.1 Å². The minimum Gasteiger partial charge on any atom is -0.443 e. The summed E-state index contributed by atoms with van der Waals surface area (Å²) in [6, 6.07) is 12.5. The van der Waals surface area contributed by atoms with Gasteiger partial charge >= 0.3 is 6.18 Å². The Balaban J connectivity index is 1.39. The van der Waals surface area contributed by atoms with Gasteiger partial charge < -0.3 is 4.42 Å². The van der Waals surface area contributed by atoms with Gasteiger partial charge in [0.15, 0.2) is 11.5 Å². The molecule has 0 aliphatic heterocycles. The van der Waals surface area contributed by atoms with E-state index in [1.807, 2.05) is 0 Å². The highest BCUT2D eigenvalue weighted by Gasteiger charge is 2.33. The van der Waals surface area contributed by atoms with Crippen molar-refractivity contribution in [1.29, 1.82) is 0 Å². The molecular weight excluding hydrogens is 502 g/mol. The SMILES string of the molecule is C[C@H](NS(=O)(=O)c1cc2cc(F)ccc2o1)C(=O)CCc1cccc(-c2ccc(C(F)(F)F)nn2)c1. The van der Waals surface area contributed by atoms with Crippen molar-refractivity contribution < 1.29 is 35.2 Å². The molecule has 0 bridgehead atoms. The number of fused-ring (bicyclic) bond motifs is 1. The van der Waals surface area contributed by atoms with Crippen molar-refractivity contribution in [3.05, 3.63) is 77.7 Å². The van der Waals surface area contributed by atoms with Crippen LogP contribution in [-0.2, 0) is 27.4 Å². The Labute approximate surface area is 203 Å². The third-order valence-corrected chi connectivity index (χ3v) is 6.77. The van der Waals surface area contributed by atoms with E-state index < -0.39 is 38.8 Å². The molecular formula is C24H19F4N3O4S. The molecule has 0 saturated carbocycles. The third kappa shape index (κ3) is 5.77. The summed E-state index contributed by atoms with van der Waals surface area (Å²) in [4.78, 5) is 12.6. The Morgan fingerprint density at radius 2 is 1.83 bits per heavy atom. The molecule has 7 nitrogen and oxygen atoms in total. The number of aromatic nitrogens is 2. The van der Waals surface area contributed by atoms with E-state index in [2.05, 4.69) is 14.9 Å². The molecule has 4 rings (SSSR count). The molecule has 188 valence electrons. The smallest absolute Gasteiger partial charge is 0.435 e. The van der Waals surface area contributed by atoms with Crippen LogP contribution in [-0.4, -0.2) is 30.4 Å². The highest BCUT2D eigenvalue weighted by molar-refractivity contribution is 7.89. The lowest BCUT2D eigenvalue weighted by atomic mass is 10.0. The van der Waals surface area contributed by atoms with E-state index in [9.17, 15) is 30.8 Å². The van der Waals surface area contributed by atoms with Gasteiger partial charge in [0, 0.05) is 23.4 Å². The maximum Gasteiger partial charge on any atom is 0.435 e. The van der Waals surface area contributed by atoms with Crippen LogP contribution in [0.2, 0.25) is 0 Å². The van der Waals surface area contributed by atoms with E-state index in [-0.39, 0.29) is 35.3 Å². The zero-order valence-electron chi connectivity index (χ0n) is 18.7. The first kappa shape index (κ1) is 25.5. The number of hydrogen-bond acceptors (Lipinski definition) is 6. The van der Waals surface area contributed by atoms with Crippen LogP contribution in [0.4, 0.5) is 17.6 Å². The van der Waals surface area contributed by atoms with Crippen molar-refractivity contribution in [2.45, 2.75) is 37.1 Å². The van der Waals surface area contributed by atoms with E-state index >= 15 is 0 Å². The number of nitrogens with one attached hydrogen (secondary N) is 1. The summed E-state index contributed by atoms with van der Waals surface area (Å²) in [5, 5.41) is 6.67. The summed E-state index contributed by atoms with van der Waals surface area (Å²) in [6.07, 6.45) is -4.33. The highest BCUT2D eigenvalue weighted by Crippen LogP contribution is 2.28. The molecule has 12 heteroatoms. The average Bonchev–Trinajstić information content (AvgIpc) is 3.26. The van der Waals surface area contributed by atoms with Crippen LogP contribution in [0.15, 0.2) is 70.2 Å². The molecule has 2 aromatic carbocycles. The fourth-order valence-electron chi connectivity index (χ4n) is 3.49. The van der Waals surface area contributed by atoms with Gasteiger partial charge in [-0.15, -0.1) is 10.2 Å². The number of furan rings is 1. The zero-order chi connectivity index (χ0) is 26.1. The van der Waals surface area contributed by atoms with Gasteiger partial charge in [-0.3, -0.25) is 4.79 Å². The van der Waals surface area contributed by atoms with E-state index in [1.54, 1.807) is 24.3 Å². The zero-order valence-corrected chi connectivity index (χ0v) is 19.5. The third-order valence-electron chi connectivity index (χ3n) is 5.37. The molecule has 1 N–H and O–H groups in total. The molecule has 2 aromatic heterocycles. The number of aryl methyl sites for hydroxylation is 1. The molecule has 0 aliphatic rings. The fraction of sp³-hybridized carbons (Fsp3) is 0.208. The fourth-order valence-corrected chi connectivity index (χ4v) is 4.68. The minimum absolute atomic E-state index is 0.00281. The topological polar surface area (TPSA) is 102 Å². The number of hydrogen-bond donors (Lipinski definition) is 1. The quantitative estimate of drug-likeness (QED) is 0.331. The van der Waals surface area contributed by atoms with Crippen LogP contribution in [0.3, 0.4) is 0 Å². The molecule has 0 radical (unpaired) electrons. The Hall–Kier alpha value is -3.64. The van der Waals surface area contributed by atoms with Gasteiger partial charge in [-0.25, -0.2) is 12.8 Å². The van der Waals surface area contributed by atoms with E-state index in [4.69, 9.17) is 4.42 Å². The van der Waals surface area contributed by atoms with Crippen molar-refractivity contribution in [2.75, 3.05) is 0 Å². The Kier molecular flexibility index (Phi) is 6.92. The van der Waals surface area contributed by atoms with Gasteiger partial charge in [-0.2, -0.15) is 17.9 Å². The summed E-state index contributed by atoms with van der Waals surface area (Å²) in [6.45, 7) is 1.40. The normalized spacial score (nSPS) is 13.1. The van der Waals surface area contributed by atoms with Crippen LogP contribution < -0.4 is 4.72 Å². The second-order valence-corrected chi connectivity index (χ2v) is 9.70. The summed E-state index contributed by atoms with van der Waals surface area (Å²) < 4.78 is 84.2. The summed E-state index contributed by atoms with van der Waals surface area (Å²) in [7, 11) is -4.17. The maximum absolute atomic E-state index is 13.4. The molecule has 0 spiro atoms. The Bertz CT molecular complexity index is 1520. The number of carbonyl (C=O) groups is 1. The van der Waals surface area contributed by atoms with Gasteiger partial charge in [-0.05, 0) is 55.3 Å².